The molecule has 1 aromatic heterocycles. The molecule has 9 heteroatoms. The number of benzene rings is 1. The van der Waals surface area contributed by atoms with Gasteiger partial charge in [0.25, 0.3) is 0 Å². The Morgan fingerprint density at radius 2 is 1.83 bits per heavy atom. The van der Waals surface area contributed by atoms with E-state index >= 15 is 0 Å². The lowest BCUT2D eigenvalue weighted by Crippen LogP contribution is -2.37. The van der Waals surface area contributed by atoms with Crippen LogP contribution in [-0.2, 0) is 14.6 Å². The maximum Gasteiger partial charge on any atom is 0.471 e. The van der Waals surface area contributed by atoms with Crippen LogP contribution >= 0.6 is 0 Å². The van der Waals surface area contributed by atoms with Gasteiger partial charge in [-0.2, -0.15) is 13.2 Å². The Bertz CT molecular complexity index is 819. The number of halogens is 3. The molecule has 0 aliphatic carbocycles. The van der Waals surface area contributed by atoms with Crippen LogP contribution in [0.5, 0.6) is 0 Å². The zero-order valence-corrected chi connectivity index (χ0v) is 12.6. The van der Waals surface area contributed by atoms with Gasteiger partial charge in [0.05, 0.1) is 11.3 Å². The summed E-state index contributed by atoms with van der Waals surface area (Å²) in [4.78, 5) is 14.7. The highest BCUT2D eigenvalue weighted by Crippen LogP contribution is 2.17. The van der Waals surface area contributed by atoms with Crippen molar-refractivity contribution >= 4 is 26.6 Å². The minimum absolute atomic E-state index is 0.140. The molecule has 0 atom stereocenters. The van der Waals surface area contributed by atoms with Crippen molar-refractivity contribution in [1.82, 2.24) is 10.3 Å². The number of amides is 1. The maximum atomic E-state index is 12.1. The lowest BCUT2D eigenvalue weighted by molar-refractivity contribution is -0.173. The molecule has 0 bridgehead atoms. The Labute approximate surface area is 130 Å². The fourth-order valence-electron chi connectivity index (χ4n) is 1.89. The Kier molecular flexibility index (Phi) is 4.88. The summed E-state index contributed by atoms with van der Waals surface area (Å²) in [5, 5.41) is 2.27. The zero-order chi connectivity index (χ0) is 17.1. The number of alkyl halides is 3. The van der Waals surface area contributed by atoms with Crippen LogP contribution in [0, 0.1) is 0 Å². The van der Waals surface area contributed by atoms with Gasteiger partial charge in [0.1, 0.15) is 0 Å². The minimum atomic E-state index is -4.97. The standard InChI is InChI=1S/C14H13F3N2O3S/c15-14(16,17)13(20)18-8-3-9-23(21,22)12-7-6-10-4-1-2-5-11(10)19-12/h1-2,4-7H,3,8-9H2,(H,18,20). The van der Waals surface area contributed by atoms with E-state index in [0.717, 1.165) is 5.39 Å². The van der Waals surface area contributed by atoms with Gasteiger partial charge < -0.3 is 5.32 Å². The van der Waals surface area contributed by atoms with Crippen molar-refractivity contribution in [3.8, 4) is 0 Å². The molecule has 1 aromatic carbocycles. The molecule has 124 valence electrons. The summed E-state index contributed by atoms with van der Waals surface area (Å²) in [6, 6.07) is 9.93. The molecule has 2 rings (SSSR count). The molecule has 0 radical (unpaired) electrons. The summed E-state index contributed by atoms with van der Waals surface area (Å²) in [7, 11) is -3.73. The van der Waals surface area contributed by atoms with Crippen LogP contribution in [-0.4, -0.2) is 37.8 Å². The van der Waals surface area contributed by atoms with E-state index in [1.165, 1.54) is 6.07 Å². The van der Waals surface area contributed by atoms with E-state index in [1.54, 1.807) is 35.6 Å². The topological polar surface area (TPSA) is 76.1 Å². The van der Waals surface area contributed by atoms with E-state index in [-0.39, 0.29) is 18.0 Å². The Morgan fingerprint density at radius 3 is 2.52 bits per heavy atom. The lowest BCUT2D eigenvalue weighted by Gasteiger charge is -2.08. The number of sulfone groups is 1. The molecule has 0 fully saturated rings. The van der Waals surface area contributed by atoms with Crippen LogP contribution in [0.25, 0.3) is 10.9 Å². The molecule has 0 spiro atoms. The van der Waals surface area contributed by atoms with Crippen molar-refractivity contribution in [3.63, 3.8) is 0 Å². The van der Waals surface area contributed by atoms with Gasteiger partial charge in [-0.25, -0.2) is 13.4 Å². The summed E-state index contributed by atoms with van der Waals surface area (Å²) in [5.41, 5.74) is 0.513. The number of hydrogen-bond donors (Lipinski definition) is 1. The average Bonchev–Trinajstić information content (AvgIpc) is 2.50. The van der Waals surface area contributed by atoms with Crippen molar-refractivity contribution < 1.29 is 26.4 Å². The van der Waals surface area contributed by atoms with Gasteiger partial charge in [0.15, 0.2) is 14.9 Å². The van der Waals surface area contributed by atoms with Gasteiger partial charge in [0.2, 0.25) is 0 Å². The van der Waals surface area contributed by atoms with E-state index in [2.05, 4.69) is 4.98 Å². The van der Waals surface area contributed by atoms with Crippen molar-refractivity contribution in [3.05, 3.63) is 36.4 Å². The molecule has 0 aliphatic rings. The van der Waals surface area contributed by atoms with E-state index in [9.17, 15) is 26.4 Å². The van der Waals surface area contributed by atoms with Gasteiger partial charge in [-0.05, 0) is 24.6 Å². The highest BCUT2D eigenvalue weighted by Gasteiger charge is 2.38. The predicted octanol–water partition coefficient (Wildman–Crippen LogP) is 2.08. The molecule has 0 aliphatic heterocycles. The Balaban J connectivity index is 1.99. The number of carbonyl (C=O) groups excluding carboxylic acids is 1. The van der Waals surface area contributed by atoms with Gasteiger partial charge in [-0.15, -0.1) is 0 Å². The van der Waals surface area contributed by atoms with E-state index in [4.69, 9.17) is 0 Å². The van der Waals surface area contributed by atoms with Crippen molar-refractivity contribution in [2.45, 2.75) is 17.6 Å². The number of pyridine rings is 1. The number of carbonyl (C=O) groups is 1. The first-order valence-electron chi connectivity index (χ1n) is 6.64. The van der Waals surface area contributed by atoms with Crippen LogP contribution in [0.1, 0.15) is 6.42 Å². The zero-order valence-electron chi connectivity index (χ0n) is 11.8. The summed E-state index contributed by atoms with van der Waals surface area (Å²) in [6.45, 7) is -0.384. The first kappa shape index (κ1) is 17.2. The largest absolute Gasteiger partial charge is 0.471 e. The van der Waals surface area contributed by atoms with E-state index in [1.807, 2.05) is 0 Å². The summed E-state index contributed by atoms with van der Waals surface area (Å²) in [6.07, 6.45) is -5.11. The molecule has 0 saturated carbocycles. The van der Waals surface area contributed by atoms with Crippen LogP contribution in [0.4, 0.5) is 13.2 Å². The third-order valence-corrected chi connectivity index (χ3v) is 4.72. The smallest absolute Gasteiger partial charge is 0.348 e. The third kappa shape index (κ3) is 4.41. The maximum absolute atomic E-state index is 12.1. The number of aromatic nitrogens is 1. The summed E-state index contributed by atoms with van der Waals surface area (Å²) >= 11 is 0. The van der Waals surface area contributed by atoms with Gasteiger partial charge in [-0.1, -0.05) is 18.2 Å². The number of nitrogens with one attached hydrogen (secondary N) is 1. The molecule has 1 heterocycles. The van der Waals surface area contributed by atoms with E-state index < -0.39 is 27.7 Å². The van der Waals surface area contributed by atoms with Crippen LogP contribution < -0.4 is 5.32 Å². The van der Waals surface area contributed by atoms with E-state index in [0.29, 0.717) is 5.52 Å². The number of hydrogen-bond acceptors (Lipinski definition) is 4. The van der Waals surface area contributed by atoms with Crippen LogP contribution in [0.15, 0.2) is 41.4 Å². The lowest BCUT2D eigenvalue weighted by atomic mass is 10.2. The quantitative estimate of drug-likeness (QED) is 0.841. The minimum Gasteiger partial charge on any atom is -0.348 e. The van der Waals surface area contributed by atoms with Gasteiger partial charge in [-0.3, -0.25) is 4.79 Å². The normalized spacial score (nSPS) is 12.3. The second-order valence-electron chi connectivity index (χ2n) is 4.77. The Morgan fingerprint density at radius 1 is 1.13 bits per heavy atom. The SMILES string of the molecule is O=C(NCCCS(=O)(=O)c1ccc2ccccc2n1)C(F)(F)F. The van der Waals surface area contributed by atoms with Crippen molar-refractivity contribution in [2.24, 2.45) is 0 Å². The first-order valence-corrected chi connectivity index (χ1v) is 8.29. The number of rotatable bonds is 5. The van der Waals surface area contributed by atoms with Gasteiger partial charge >= 0.3 is 12.1 Å². The first-order chi connectivity index (χ1) is 10.7. The average molecular weight is 346 g/mol. The number of para-hydroxylation sites is 1. The summed E-state index contributed by atoms with van der Waals surface area (Å²) in [5.74, 6) is -2.49. The number of nitrogens with zero attached hydrogens (tertiary/aromatic N) is 1. The molecule has 23 heavy (non-hydrogen) atoms. The fourth-order valence-corrected chi connectivity index (χ4v) is 3.14. The molecule has 0 saturated heterocycles. The predicted molar refractivity (Wildman–Crippen MR) is 77.5 cm³/mol. The van der Waals surface area contributed by atoms with Gasteiger partial charge in [0, 0.05) is 11.9 Å². The molecule has 0 unspecified atom stereocenters. The van der Waals surface area contributed by atoms with Crippen molar-refractivity contribution in [1.29, 1.82) is 0 Å². The van der Waals surface area contributed by atoms with Crippen molar-refractivity contribution in [2.75, 3.05) is 12.3 Å². The molecular formula is C14H13F3N2O3S. The molecule has 1 N–H and O–H groups in total. The van der Waals surface area contributed by atoms with Crippen LogP contribution in [0.2, 0.25) is 0 Å². The molecule has 2 aromatic rings. The molecule has 5 nitrogen and oxygen atoms in total. The second kappa shape index (κ2) is 6.53. The number of fused-ring (bicyclic) bond motifs is 1. The summed E-state index contributed by atoms with van der Waals surface area (Å²) < 4.78 is 60.2. The van der Waals surface area contributed by atoms with Crippen LogP contribution in [0.3, 0.4) is 0 Å². The molecule has 1 amide bonds. The highest BCUT2D eigenvalue weighted by molar-refractivity contribution is 7.91. The second-order valence-corrected chi connectivity index (χ2v) is 6.82. The highest BCUT2D eigenvalue weighted by atomic mass is 32.2. The fraction of sp³-hybridized carbons (Fsp3) is 0.286. The monoisotopic (exact) mass is 346 g/mol. The molecular weight excluding hydrogens is 333 g/mol. The third-order valence-electron chi connectivity index (χ3n) is 3.02. The Hall–Kier alpha value is -2.16.